The molecule has 3 N–H and O–H groups in total. The van der Waals surface area contributed by atoms with Crippen LogP contribution in [0.4, 0.5) is 9.59 Å². The summed E-state index contributed by atoms with van der Waals surface area (Å²) in [6.07, 6.45) is 3.70. The average molecular weight is 328 g/mol. The van der Waals surface area contributed by atoms with Crippen molar-refractivity contribution < 1.29 is 19.4 Å². The third-order valence-corrected chi connectivity index (χ3v) is 4.24. The highest BCUT2D eigenvalue weighted by atomic mass is 16.6. The van der Waals surface area contributed by atoms with Crippen LogP contribution in [0.5, 0.6) is 0 Å². The zero-order chi connectivity index (χ0) is 17.7. The Morgan fingerprint density at radius 3 is 2.39 bits per heavy atom. The lowest BCUT2D eigenvalue weighted by Crippen LogP contribution is -2.50. The minimum atomic E-state index is -1.08. The quantitative estimate of drug-likeness (QED) is 0.664. The van der Waals surface area contributed by atoms with Crippen molar-refractivity contribution in [1.29, 1.82) is 0 Å². The number of hydrogen-bond donors (Lipinski definition) is 3. The minimum Gasteiger partial charge on any atom is -0.465 e. The van der Waals surface area contributed by atoms with Crippen LogP contribution in [0.25, 0.3) is 0 Å². The van der Waals surface area contributed by atoms with E-state index in [2.05, 4.69) is 24.5 Å². The summed E-state index contributed by atoms with van der Waals surface area (Å²) in [5.41, 5.74) is -0.352. The fraction of sp³-hybridized carbons (Fsp3) is 0.882. The molecule has 0 aromatic carbocycles. The number of rotatable bonds is 7. The summed E-state index contributed by atoms with van der Waals surface area (Å²) in [7, 11) is 0. The third-order valence-electron chi connectivity index (χ3n) is 4.24. The molecule has 134 valence electrons. The van der Waals surface area contributed by atoms with Crippen molar-refractivity contribution in [2.75, 3.05) is 6.54 Å². The summed E-state index contributed by atoms with van der Waals surface area (Å²) in [5.74, 6) is 0.705. The summed E-state index contributed by atoms with van der Waals surface area (Å²) in [4.78, 5) is 22.8. The van der Waals surface area contributed by atoms with E-state index in [9.17, 15) is 9.59 Å². The first-order valence-electron chi connectivity index (χ1n) is 8.51. The topological polar surface area (TPSA) is 87.7 Å². The van der Waals surface area contributed by atoms with E-state index in [1.165, 1.54) is 0 Å². The molecule has 23 heavy (non-hydrogen) atoms. The van der Waals surface area contributed by atoms with Crippen molar-refractivity contribution in [2.45, 2.75) is 78.4 Å². The molecule has 6 nitrogen and oxygen atoms in total. The predicted octanol–water partition coefficient (Wildman–Crippen LogP) is 3.75. The Balaban J connectivity index is 2.67. The van der Waals surface area contributed by atoms with Crippen LogP contribution in [-0.4, -0.2) is 35.5 Å². The molecule has 0 spiro atoms. The predicted molar refractivity (Wildman–Crippen MR) is 89.5 cm³/mol. The monoisotopic (exact) mass is 328 g/mol. The Labute approximate surface area is 139 Å². The van der Waals surface area contributed by atoms with E-state index >= 15 is 0 Å². The number of carboxylic acid groups (broad SMARTS) is 1. The molecule has 0 bridgehead atoms. The van der Waals surface area contributed by atoms with Gasteiger partial charge in [-0.25, -0.2) is 9.59 Å². The maximum absolute atomic E-state index is 12.0. The molecule has 0 heterocycles. The zero-order valence-corrected chi connectivity index (χ0v) is 15.1. The van der Waals surface area contributed by atoms with Crippen molar-refractivity contribution >= 4 is 12.2 Å². The van der Waals surface area contributed by atoms with E-state index in [-0.39, 0.29) is 18.0 Å². The number of alkyl carbamates (subject to hydrolysis) is 1. The van der Waals surface area contributed by atoms with Gasteiger partial charge in [0.05, 0.1) is 6.04 Å². The standard InChI is InChI=1S/C17H32N2O4/c1-6-7-17(8-12(2)9-17)10-13(11-18-14(20)21)19-15(22)23-16(3,4)5/h12-13,18H,6-11H2,1-5H3,(H,19,22)(H,20,21). The molecule has 0 saturated heterocycles. The van der Waals surface area contributed by atoms with Crippen LogP contribution in [-0.2, 0) is 4.74 Å². The van der Waals surface area contributed by atoms with Gasteiger partial charge in [0.25, 0.3) is 0 Å². The molecular weight excluding hydrogens is 296 g/mol. The molecule has 0 aliphatic heterocycles. The Bertz CT molecular complexity index is 406. The van der Waals surface area contributed by atoms with Crippen molar-refractivity contribution in [2.24, 2.45) is 11.3 Å². The van der Waals surface area contributed by atoms with Crippen molar-refractivity contribution in [3.8, 4) is 0 Å². The summed E-state index contributed by atoms with van der Waals surface area (Å²) in [6.45, 7) is 10.0. The van der Waals surface area contributed by atoms with Crippen LogP contribution in [0.15, 0.2) is 0 Å². The third kappa shape index (κ3) is 7.10. The van der Waals surface area contributed by atoms with Gasteiger partial charge in [-0.15, -0.1) is 0 Å². The number of amides is 2. The first-order valence-corrected chi connectivity index (χ1v) is 8.51. The highest BCUT2D eigenvalue weighted by Gasteiger charge is 2.42. The lowest BCUT2D eigenvalue weighted by atomic mass is 9.58. The van der Waals surface area contributed by atoms with Crippen molar-refractivity contribution in [3.63, 3.8) is 0 Å². The highest BCUT2D eigenvalue weighted by Crippen LogP contribution is 2.51. The van der Waals surface area contributed by atoms with Crippen LogP contribution in [0.1, 0.15) is 66.7 Å². The van der Waals surface area contributed by atoms with Crippen LogP contribution in [0.3, 0.4) is 0 Å². The maximum atomic E-state index is 12.0. The Morgan fingerprint density at radius 2 is 1.96 bits per heavy atom. The molecule has 6 heteroatoms. The van der Waals surface area contributed by atoms with Crippen LogP contribution >= 0.6 is 0 Å². The Hall–Kier alpha value is -1.46. The fourth-order valence-corrected chi connectivity index (χ4v) is 3.80. The first-order chi connectivity index (χ1) is 10.6. The van der Waals surface area contributed by atoms with Gasteiger partial charge in [-0.3, -0.25) is 0 Å². The molecule has 1 unspecified atom stereocenters. The normalized spacial score (nSPS) is 25.2. The molecule has 1 fully saturated rings. The van der Waals surface area contributed by atoms with Gasteiger partial charge in [0, 0.05) is 6.54 Å². The summed E-state index contributed by atoms with van der Waals surface area (Å²) < 4.78 is 5.30. The number of nitrogens with one attached hydrogen (secondary N) is 2. The molecule has 1 saturated carbocycles. The van der Waals surface area contributed by atoms with E-state index in [4.69, 9.17) is 9.84 Å². The van der Waals surface area contributed by atoms with Crippen LogP contribution in [0, 0.1) is 11.3 Å². The average Bonchev–Trinajstić information content (AvgIpc) is 2.32. The van der Waals surface area contributed by atoms with Gasteiger partial charge in [0.15, 0.2) is 0 Å². The van der Waals surface area contributed by atoms with E-state index in [1.54, 1.807) is 0 Å². The first kappa shape index (κ1) is 19.6. The second-order valence-corrected chi connectivity index (χ2v) is 8.00. The minimum absolute atomic E-state index is 0.203. The number of carbonyl (C=O) groups excluding carboxylic acids is 1. The van der Waals surface area contributed by atoms with E-state index < -0.39 is 17.8 Å². The Morgan fingerprint density at radius 1 is 1.35 bits per heavy atom. The van der Waals surface area contributed by atoms with Gasteiger partial charge in [0.2, 0.25) is 0 Å². The second kappa shape index (κ2) is 7.88. The molecule has 1 aliphatic rings. The van der Waals surface area contributed by atoms with Gasteiger partial charge < -0.3 is 20.5 Å². The largest absolute Gasteiger partial charge is 0.465 e. The van der Waals surface area contributed by atoms with E-state index in [0.717, 1.165) is 32.1 Å². The van der Waals surface area contributed by atoms with Crippen molar-refractivity contribution in [1.82, 2.24) is 10.6 Å². The highest BCUT2D eigenvalue weighted by molar-refractivity contribution is 5.68. The maximum Gasteiger partial charge on any atom is 0.407 e. The lowest BCUT2D eigenvalue weighted by Gasteiger charge is -2.48. The smallest absolute Gasteiger partial charge is 0.407 e. The molecule has 1 rings (SSSR count). The SMILES string of the molecule is CCCC1(CC(CNC(=O)O)NC(=O)OC(C)(C)C)CC(C)C1. The summed E-state index contributed by atoms with van der Waals surface area (Å²) in [6, 6.07) is -0.250. The molecule has 0 radical (unpaired) electrons. The van der Waals surface area contributed by atoms with Gasteiger partial charge in [-0.1, -0.05) is 20.3 Å². The molecule has 0 aromatic rings. The molecule has 1 aliphatic carbocycles. The van der Waals surface area contributed by atoms with E-state index in [0.29, 0.717) is 5.92 Å². The van der Waals surface area contributed by atoms with Crippen LogP contribution < -0.4 is 10.6 Å². The van der Waals surface area contributed by atoms with E-state index in [1.807, 2.05) is 20.8 Å². The van der Waals surface area contributed by atoms with Crippen molar-refractivity contribution in [3.05, 3.63) is 0 Å². The number of ether oxygens (including phenoxy) is 1. The van der Waals surface area contributed by atoms with Crippen LogP contribution in [0.2, 0.25) is 0 Å². The Kier molecular flexibility index (Phi) is 6.71. The molecule has 1 atom stereocenters. The summed E-state index contributed by atoms with van der Waals surface area (Å²) >= 11 is 0. The number of hydrogen-bond acceptors (Lipinski definition) is 3. The van der Waals surface area contributed by atoms with Gasteiger partial charge in [-0.2, -0.15) is 0 Å². The zero-order valence-electron chi connectivity index (χ0n) is 15.1. The number of carbonyl (C=O) groups is 2. The molecule has 2 amide bonds. The fourth-order valence-electron chi connectivity index (χ4n) is 3.80. The molecular formula is C17H32N2O4. The molecule has 0 aromatic heterocycles. The van der Waals surface area contributed by atoms with Gasteiger partial charge >= 0.3 is 12.2 Å². The lowest BCUT2D eigenvalue weighted by molar-refractivity contribution is 0.0249. The summed E-state index contributed by atoms with van der Waals surface area (Å²) in [5, 5.41) is 14.1. The second-order valence-electron chi connectivity index (χ2n) is 8.00. The van der Waals surface area contributed by atoms with Gasteiger partial charge in [-0.05, 0) is 57.8 Å². The van der Waals surface area contributed by atoms with Gasteiger partial charge in [0.1, 0.15) is 5.60 Å².